The molecule has 0 amide bonds. The van der Waals surface area contributed by atoms with Gasteiger partial charge in [0, 0.05) is 5.92 Å². The predicted octanol–water partition coefficient (Wildman–Crippen LogP) is 3.01. The Balaban J connectivity index is 4.07. The summed E-state index contributed by atoms with van der Waals surface area (Å²) < 4.78 is -0.381. The maximum atomic E-state index is 8.85. The van der Waals surface area contributed by atoms with Gasteiger partial charge in [-0.15, -0.1) is 0 Å². The summed E-state index contributed by atoms with van der Waals surface area (Å²) in [6, 6.07) is 0. The van der Waals surface area contributed by atoms with Gasteiger partial charge in [-0.3, -0.25) is 0 Å². The largest absolute Gasteiger partial charge is 0.396 e. The van der Waals surface area contributed by atoms with Gasteiger partial charge in [0.15, 0.2) is 0 Å². The minimum atomic E-state index is -0.381. The molecule has 0 aromatic heterocycles. The lowest BCUT2D eigenvalue weighted by atomic mass is 10.2. The number of alkyl halides is 3. The van der Waals surface area contributed by atoms with Gasteiger partial charge in [-0.2, -0.15) is 0 Å². The SMILES string of the molecule is C/C=C/C(CO)C(Br)(Br)Br. The number of aliphatic hydroxyl groups is 1. The van der Waals surface area contributed by atoms with Gasteiger partial charge in [0.05, 0.1) is 6.61 Å². The lowest BCUT2D eigenvalue weighted by molar-refractivity contribution is 0.259. The zero-order valence-corrected chi connectivity index (χ0v) is 10.3. The van der Waals surface area contributed by atoms with Crippen LogP contribution in [0.3, 0.4) is 0 Å². The van der Waals surface area contributed by atoms with E-state index >= 15 is 0 Å². The molecule has 0 bridgehead atoms. The molecule has 0 rings (SSSR count). The van der Waals surface area contributed by atoms with Gasteiger partial charge < -0.3 is 5.11 Å². The predicted molar refractivity (Wildman–Crippen MR) is 54.9 cm³/mol. The summed E-state index contributed by atoms with van der Waals surface area (Å²) in [6.45, 7) is 2.02. The molecule has 0 spiro atoms. The van der Waals surface area contributed by atoms with Crippen LogP contribution in [0.5, 0.6) is 0 Å². The van der Waals surface area contributed by atoms with Crippen molar-refractivity contribution in [1.29, 1.82) is 0 Å². The molecule has 0 aromatic rings. The fourth-order valence-electron chi connectivity index (χ4n) is 0.506. The van der Waals surface area contributed by atoms with E-state index in [1.54, 1.807) is 0 Å². The molecule has 4 heteroatoms. The summed E-state index contributed by atoms with van der Waals surface area (Å²) in [5, 5.41) is 8.85. The second kappa shape index (κ2) is 4.91. The first kappa shape index (κ1) is 11.1. The van der Waals surface area contributed by atoms with Crippen LogP contribution in [-0.2, 0) is 0 Å². The highest BCUT2D eigenvalue weighted by atomic mass is 80.0. The van der Waals surface area contributed by atoms with Crippen LogP contribution >= 0.6 is 47.8 Å². The Morgan fingerprint density at radius 2 is 2.00 bits per heavy atom. The van der Waals surface area contributed by atoms with E-state index in [0.29, 0.717) is 0 Å². The summed E-state index contributed by atoms with van der Waals surface area (Å²) in [6.07, 6.45) is 3.82. The number of hydrogen-bond donors (Lipinski definition) is 1. The third-order valence-corrected chi connectivity index (χ3v) is 2.81. The Kier molecular flexibility index (Phi) is 5.47. The van der Waals surface area contributed by atoms with Gasteiger partial charge in [-0.25, -0.2) is 0 Å². The standard InChI is InChI=1S/C6H9Br3O/c1-2-3-5(4-10)6(7,8)9/h2-3,5,10H,4H2,1H3/b3-2+. The lowest BCUT2D eigenvalue weighted by Gasteiger charge is -2.19. The fraction of sp³-hybridized carbons (Fsp3) is 0.667. The van der Waals surface area contributed by atoms with Gasteiger partial charge in [-0.05, 0) is 6.92 Å². The van der Waals surface area contributed by atoms with Crippen molar-refractivity contribution in [2.45, 2.75) is 9.07 Å². The molecule has 0 aliphatic heterocycles. The first-order valence-electron chi connectivity index (χ1n) is 2.82. The van der Waals surface area contributed by atoms with Crippen LogP contribution in [0.1, 0.15) is 6.92 Å². The lowest BCUT2D eigenvalue weighted by Crippen LogP contribution is -2.18. The summed E-state index contributed by atoms with van der Waals surface area (Å²) >= 11 is 9.98. The van der Waals surface area contributed by atoms with E-state index in [1.165, 1.54) is 0 Å². The summed E-state index contributed by atoms with van der Waals surface area (Å²) in [4.78, 5) is 0. The molecular weight excluding hydrogens is 328 g/mol. The molecule has 0 fully saturated rings. The van der Waals surface area contributed by atoms with Crippen LogP contribution in [-0.4, -0.2) is 13.9 Å². The number of halogens is 3. The Labute approximate surface area is 86.3 Å². The second-order valence-corrected chi connectivity index (χ2v) is 8.80. The molecule has 60 valence electrons. The minimum Gasteiger partial charge on any atom is -0.396 e. The van der Waals surface area contributed by atoms with E-state index in [0.717, 1.165) is 0 Å². The summed E-state index contributed by atoms with van der Waals surface area (Å²) in [7, 11) is 0. The van der Waals surface area contributed by atoms with E-state index in [-0.39, 0.29) is 14.7 Å². The number of allylic oxidation sites excluding steroid dienone is 1. The molecule has 0 saturated heterocycles. The van der Waals surface area contributed by atoms with E-state index in [2.05, 4.69) is 47.8 Å². The first-order chi connectivity index (χ1) is 4.52. The Bertz CT molecular complexity index is 117. The molecular formula is C6H9Br3O. The fourth-order valence-corrected chi connectivity index (χ4v) is 1.40. The number of hydrogen-bond acceptors (Lipinski definition) is 1. The second-order valence-electron chi connectivity index (χ2n) is 1.86. The van der Waals surface area contributed by atoms with Gasteiger partial charge >= 0.3 is 0 Å². The molecule has 1 nitrogen and oxygen atoms in total. The van der Waals surface area contributed by atoms with E-state index in [9.17, 15) is 0 Å². The zero-order valence-electron chi connectivity index (χ0n) is 5.52. The van der Waals surface area contributed by atoms with Gasteiger partial charge in [-0.1, -0.05) is 59.9 Å². The molecule has 0 aliphatic rings. The van der Waals surface area contributed by atoms with E-state index in [1.807, 2.05) is 19.1 Å². The highest BCUT2D eigenvalue weighted by Crippen LogP contribution is 2.41. The Morgan fingerprint density at radius 3 is 2.10 bits per heavy atom. The average molecular weight is 337 g/mol. The zero-order chi connectivity index (χ0) is 8.20. The van der Waals surface area contributed by atoms with E-state index in [4.69, 9.17) is 5.11 Å². The molecule has 10 heavy (non-hydrogen) atoms. The van der Waals surface area contributed by atoms with Crippen LogP contribution in [0, 0.1) is 5.92 Å². The summed E-state index contributed by atoms with van der Waals surface area (Å²) in [5.41, 5.74) is 0. The van der Waals surface area contributed by atoms with Crippen molar-refractivity contribution in [2.75, 3.05) is 6.61 Å². The normalized spacial score (nSPS) is 16.1. The highest BCUT2D eigenvalue weighted by Gasteiger charge is 2.27. The van der Waals surface area contributed by atoms with Crippen LogP contribution < -0.4 is 0 Å². The van der Waals surface area contributed by atoms with Crippen molar-refractivity contribution in [2.24, 2.45) is 5.92 Å². The minimum absolute atomic E-state index is 0.0394. The quantitative estimate of drug-likeness (QED) is 0.607. The van der Waals surface area contributed by atoms with Crippen molar-refractivity contribution >= 4 is 47.8 Å². The van der Waals surface area contributed by atoms with E-state index < -0.39 is 0 Å². The monoisotopic (exact) mass is 334 g/mol. The smallest absolute Gasteiger partial charge is 0.143 e. The van der Waals surface area contributed by atoms with Gasteiger partial charge in [0.2, 0.25) is 0 Å². The maximum Gasteiger partial charge on any atom is 0.143 e. The number of rotatable bonds is 2. The first-order valence-corrected chi connectivity index (χ1v) is 5.20. The van der Waals surface area contributed by atoms with Crippen molar-refractivity contribution in [3.05, 3.63) is 12.2 Å². The van der Waals surface area contributed by atoms with Crippen molar-refractivity contribution < 1.29 is 5.11 Å². The number of aliphatic hydroxyl groups excluding tert-OH is 1. The van der Waals surface area contributed by atoms with Crippen molar-refractivity contribution in [3.63, 3.8) is 0 Å². The molecule has 1 unspecified atom stereocenters. The van der Waals surface area contributed by atoms with Crippen LogP contribution in [0.15, 0.2) is 12.2 Å². The van der Waals surface area contributed by atoms with Gasteiger partial charge in [0.1, 0.15) is 2.14 Å². The summed E-state index contributed by atoms with van der Waals surface area (Å²) in [5.74, 6) is 0.0394. The molecule has 1 N–H and O–H groups in total. The van der Waals surface area contributed by atoms with Crippen LogP contribution in [0.4, 0.5) is 0 Å². The third kappa shape index (κ3) is 4.11. The van der Waals surface area contributed by atoms with Crippen LogP contribution in [0.2, 0.25) is 0 Å². The Hall–Kier alpha value is 1.14. The average Bonchev–Trinajstić information content (AvgIpc) is 1.80. The molecule has 0 saturated carbocycles. The van der Waals surface area contributed by atoms with Crippen LogP contribution in [0.25, 0.3) is 0 Å². The molecule has 0 radical (unpaired) electrons. The van der Waals surface area contributed by atoms with Crippen molar-refractivity contribution in [1.82, 2.24) is 0 Å². The molecule has 0 aromatic carbocycles. The Morgan fingerprint density at radius 1 is 1.50 bits per heavy atom. The highest BCUT2D eigenvalue weighted by molar-refractivity contribution is 9.39. The maximum absolute atomic E-state index is 8.85. The third-order valence-electron chi connectivity index (χ3n) is 1.04. The van der Waals surface area contributed by atoms with Crippen molar-refractivity contribution in [3.8, 4) is 0 Å². The molecule has 0 aliphatic carbocycles. The van der Waals surface area contributed by atoms with Gasteiger partial charge in [0.25, 0.3) is 0 Å². The topological polar surface area (TPSA) is 20.2 Å². The molecule has 1 atom stereocenters. The molecule has 0 heterocycles.